The second-order valence-corrected chi connectivity index (χ2v) is 12.7. The molecule has 2 aliphatic heterocycles. The number of benzene rings is 6. The zero-order valence-corrected chi connectivity index (χ0v) is 26.6. The van der Waals surface area contributed by atoms with Gasteiger partial charge in [0, 0.05) is 57.9 Å². The fraction of sp³-hybridized carbons (Fsp3) is 0.217. The summed E-state index contributed by atoms with van der Waals surface area (Å²) < 4.78 is 179. The van der Waals surface area contributed by atoms with E-state index in [9.17, 15) is 0 Å². The average molecular weight is 661 g/mol. The van der Waals surface area contributed by atoms with Gasteiger partial charge in [-0.3, -0.25) is 0 Å². The highest BCUT2D eigenvalue weighted by Crippen LogP contribution is 2.53. The molecule has 0 unspecified atom stereocenters. The van der Waals surface area contributed by atoms with Crippen molar-refractivity contribution in [3.05, 3.63) is 148 Å². The average Bonchev–Trinajstić information content (AvgIpc) is 3.31. The molecule has 0 spiro atoms. The number of hydrogen-bond acceptors (Lipinski definition) is 3. The Hall–Kier alpha value is -5.28. The molecule has 0 radical (unpaired) electrons. The van der Waals surface area contributed by atoms with E-state index < -0.39 is 91.3 Å². The maximum atomic E-state index is 9.09. The minimum Gasteiger partial charge on any atom is -0.479 e. The van der Waals surface area contributed by atoms with Crippen LogP contribution in [0.3, 0.4) is 0 Å². The molecule has 6 aromatic carbocycles. The second kappa shape index (κ2) is 11.1. The molecule has 3 heteroatoms. The highest BCUT2D eigenvalue weighted by molar-refractivity contribution is 5.89. The number of fused-ring (bicyclic) bond motifs is 4. The van der Waals surface area contributed by atoms with Crippen LogP contribution >= 0.6 is 0 Å². The molecule has 2 heterocycles. The van der Waals surface area contributed by atoms with E-state index in [4.69, 9.17) is 38.9 Å². The number of aryl methyl sites for hydroxylation is 2. The molecule has 6 aromatic rings. The molecule has 0 fully saturated rings. The second-order valence-electron chi connectivity index (χ2n) is 12.7. The Balaban J connectivity index is 1.52. The number of ether oxygens (including phenoxy) is 3. The number of para-hydroxylation sites is 4. The summed E-state index contributed by atoms with van der Waals surface area (Å²) in [4.78, 5) is 0. The van der Waals surface area contributed by atoms with Crippen LogP contribution in [0.4, 0.5) is 0 Å². The first-order valence-corrected chi connectivity index (χ1v) is 15.7. The Bertz CT molecular complexity index is 2940. The molecule has 0 aromatic heterocycles. The van der Waals surface area contributed by atoms with E-state index in [0.29, 0.717) is 11.3 Å². The van der Waals surface area contributed by atoms with E-state index in [-0.39, 0.29) is 50.6 Å². The smallest absolute Gasteiger partial charge is 0.177 e. The molecular weight excluding hydrogens is 601 g/mol. The Labute approximate surface area is 315 Å². The van der Waals surface area contributed by atoms with E-state index in [1.807, 2.05) is 0 Å². The molecule has 0 saturated carbocycles. The molecule has 8 rings (SSSR count). The van der Waals surface area contributed by atoms with E-state index >= 15 is 0 Å². The van der Waals surface area contributed by atoms with Gasteiger partial charge < -0.3 is 14.2 Å². The van der Waals surface area contributed by atoms with Gasteiger partial charge in [-0.25, -0.2) is 0 Å². The standard InChI is InChI=1S/C46H42O3/c1-27-23-25-31(29(3)41(27)33-15-13-19-37-43(33)47-38-20-11-9-17-35(38)45(37,5)6)32-26-24-28(2)42(30(32)4)34-16-14-22-40-44(34)48-39-21-12-10-18-36(39)46(7,8)49-40/h9-26H,1-8H3/i1D3,2D3,3D3,4D3,5D3,6D3. The number of rotatable bonds is 3. The lowest BCUT2D eigenvalue weighted by Gasteiger charge is -2.35. The third kappa shape index (κ3) is 4.78. The Kier molecular flexibility index (Phi) is 3.84. The number of hydrogen-bond donors (Lipinski definition) is 0. The van der Waals surface area contributed by atoms with Gasteiger partial charge in [0.1, 0.15) is 22.8 Å². The summed E-state index contributed by atoms with van der Waals surface area (Å²) >= 11 is 0. The minimum absolute atomic E-state index is 0.0197. The first kappa shape index (κ1) is 16.9. The first-order valence-electron chi connectivity index (χ1n) is 24.7. The Morgan fingerprint density at radius 2 is 1.00 bits per heavy atom. The lowest BCUT2D eigenvalue weighted by atomic mass is 9.74. The van der Waals surface area contributed by atoms with E-state index in [1.165, 1.54) is 54.6 Å². The van der Waals surface area contributed by atoms with Gasteiger partial charge in [-0.2, -0.15) is 0 Å². The predicted molar refractivity (Wildman–Crippen MR) is 201 cm³/mol. The van der Waals surface area contributed by atoms with E-state index in [2.05, 4.69) is 0 Å². The first-order chi connectivity index (χ1) is 30.8. The summed E-state index contributed by atoms with van der Waals surface area (Å²) in [6.45, 7) is -15.6. The summed E-state index contributed by atoms with van der Waals surface area (Å²) in [5.41, 5.74) is -7.91. The molecule has 0 bridgehead atoms. The lowest BCUT2D eigenvalue weighted by molar-refractivity contribution is 0.111. The zero-order valence-electron chi connectivity index (χ0n) is 44.6. The van der Waals surface area contributed by atoms with Crippen molar-refractivity contribution in [2.24, 2.45) is 0 Å². The highest BCUT2D eigenvalue weighted by atomic mass is 16.5. The zero-order chi connectivity index (χ0) is 49.2. The SMILES string of the molecule is [2H]C([2H])([2H])c1ccc(-c2ccc(C([2H])([2H])[2H])c(-c3cccc4c3Oc3ccccc3C4(C([2H])([2H])[2H])C([2H])([2H])[2H])c2C([2H])([2H])[2H])c(C([2H])([2H])[2H])c1-c1cccc2c1Oc1ccccc1C(C)(C)O2. The van der Waals surface area contributed by atoms with Crippen LogP contribution in [-0.2, 0) is 11.0 Å². The minimum atomic E-state index is -3.31. The van der Waals surface area contributed by atoms with Crippen molar-refractivity contribution >= 4 is 0 Å². The molecule has 244 valence electrons. The van der Waals surface area contributed by atoms with Crippen LogP contribution in [0.15, 0.2) is 109 Å². The van der Waals surface area contributed by atoms with Crippen molar-refractivity contribution < 1.29 is 38.9 Å². The third-order valence-corrected chi connectivity index (χ3v) is 9.25. The van der Waals surface area contributed by atoms with Crippen molar-refractivity contribution in [2.75, 3.05) is 0 Å². The molecule has 49 heavy (non-hydrogen) atoms. The van der Waals surface area contributed by atoms with Crippen molar-refractivity contribution in [3.8, 4) is 62.1 Å². The van der Waals surface area contributed by atoms with Gasteiger partial charge in [-0.15, -0.1) is 0 Å². The highest BCUT2D eigenvalue weighted by Gasteiger charge is 2.36. The van der Waals surface area contributed by atoms with Gasteiger partial charge in [0.05, 0.1) is 0 Å². The van der Waals surface area contributed by atoms with Gasteiger partial charge in [0.25, 0.3) is 0 Å². The summed E-state index contributed by atoms with van der Waals surface area (Å²) in [5, 5.41) is 0. The van der Waals surface area contributed by atoms with Crippen LogP contribution in [0.5, 0.6) is 28.7 Å². The maximum absolute atomic E-state index is 9.09. The molecule has 2 aliphatic rings. The quantitative estimate of drug-likeness (QED) is 0.189. The van der Waals surface area contributed by atoms with Crippen LogP contribution in [0, 0.1) is 27.4 Å². The molecule has 0 saturated heterocycles. The monoisotopic (exact) mass is 660 g/mol. The largest absolute Gasteiger partial charge is 0.479 e. The van der Waals surface area contributed by atoms with Crippen LogP contribution in [0.25, 0.3) is 33.4 Å². The van der Waals surface area contributed by atoms with Crippen LogP contribution in [-0.4, -0.2) is 0 Å². The van der Waals surface area contributed by atoms with Crippen molar-refractivity contribution in [1.29, 1.82) is 0 Å². The van der Waals surface area contributed by atoms with E-state index in [0.717, 1.165) is 24.3 Å². The fourth-order valence-corrected chi connectivity index (χ4v) is 6.86. The van der Waals surface area contributed by atoms with E-state index in [1.54, 1.807) is 44.2 Å². The molecule has 0 atom stereocenters. The van der Waals surface area contributed by atoms with Crippen LogP contribution < -0.4 is 14.2 Å². The predicted octanol–water partition coefficient (Wildman–Crippen LogP) is 12.8. The summed E-state index contributed by atoms with van der Waals surface area (Å²) in [7, 11) is 0. The summed E-state index contributed by atoms with van der Waals surface area (Å²) in [6.07, 6.45) is 0. The topological polar surface area (TPSA) is 27.7 Å². The molecule has 0 N–H and O–H groups in total. The van der Waals surface area contributed by atoms with Gasteiger partial charge in [0.2, 0.25) is 0 Å². The summed E-state index contributed by atoms with van der Waals surface area (Å²) in [6, 6.07) is 25.5. The van der Waals surface area contributed by atoms with Crippen molar-refractivity contribution in [1.82, 2.24) is 0 Å². The van der Waals surface area contributed by atoms with Crippen LogP contribution in [0.2, 0.25) is 0 Å². The summed E-state index contributed by atoms with van der Waals surface area (Å²) in [5.74, 6) is -0.171. The Morgan fingerprint density at radius 3 is 1.63 bits per heavy atom. The molecular formula is C46H42O3. The third-order valence-electron chi connectivity index (χ3n) is 9.25. The normalized spacial score (nSPS) is 21.9. The van der Waals surface area contributed by atoms with Gasteiger partial charge in [-0.1, -0.05) is 105 Å². The van der Waals surface area contributed by atoms with Gasteiger partial charge >= 0.3 is 0 Å². The van der Waals surface area contributed by atoms with Gasteiger partial charge in [0.15, 0.2) is 11.5 Å². The fourth-order valence-electron chi connectivity index (χ4n) is 6.86. The van der Waals surface area contributed by atoms with Crippen molar-refractivity contribution in [2.45, 2.75) is 66.0 Å². The van der Waals surface area contributed by atoms with Crippen LogP contribution in [0.1, 0.15) is 91.2 Å². The van der Waals surface area contributed by atoms with Gasteiger partial charge in [-0.05, 0) is 104 Å². The van der Waals surface area contributed by atoms with Crippen molar-refractivity contribution in [3.63, 3.8) is 0 Å². The lowest BCUT2D eigenvalue weighted by Crippen LogP contribution is -2.24. The Morgan fingerprint density at radius 1 is 0.469 bits per heavy atom. The molecule has 0 amide bonds. The molecule has 0 aliphatic carbocycles. The molecule has 3 nitrogen and oxygen atoms in total. The maximum Gasteiger partial charge on any atom is 0.177 e.